The Labute approximate surface area is 127 Å². The second kappa shape index (κ2) is 5.38. The normalized spacial score (nSPS) is 11.5. The van der Waals surface area contributed by atoms with E-state index >= 15 is 0 Å². The van der Waals surface area contributed by atoms with Crippen molar-refractivity contribution >= 4 is 63.2 Å². The van der Waals surface area contributed by atoms with Gasteiger partial charge in [0.2, 0.25) is 0 Å². The molecular weight excluding hydrogens is 461 g/mol. The van der Waals surface area contributed by atoms with E-state index in [0.717, 1.165) is 7.14 Å². The summed E-state index contributed by atoms with van der Waals surface area (Å²) in [4.78, 5) is 10.2. The van der Waals surface area contributed by atoms with Crippen LogP contribution in [0.3, 0.4) is 0 Å². The molecule has 0 unspecified atom stereocenters. The SMILES string of the molecule is O=P(O)(c1ccc(I)cc1)c1ccc(I)cc1. The molecule has 0 heterocycles. The summed E-state index contributed by atoms with van der Waals surface area (Å²) in [6, 6.07) is 14.2. The van der Waals surface area contributed by atoms with Crippen LogP contribution >= 0.6 is 52.6 Å². The first-order valence-electron chi connectivity index (χ1n) is 4.85. The van der Waals surface area contributed by atoms with Gasteiger partial charge in [0.1, 0.15) is 0 Å². The molecule has 0 saturated carbocycles. The van der Waals surface area contributed by atoms with Crippen molar-refractivity contribution in [3.63, 3.8) is 0 Å². The predicted octanol–water partition coefficient (Wildman–Crippen LogP) is 3.12. The molecule has 0 spiro atoms. The van der Waals surface area contributed by atoms with Crippen LogP contribution in [0.2, 0.25) is 0 Å². The van der Waals surface area contributed by atoms with Crippen LogP contribution in [0, 0.1) is 7.14 Å². The summed E-state index contributed by atoms with van der Waals surface area (Å²) in [5.74, 6) is 0. The zero-order chi connectivity index (χ0) is 12.5. The van der Waals surface area contributed by atoms with Crippen LogP contribution < -0.4 is 10.6 Å². The molecule has 2 rings (SSSR count). The van der Waals surface area contributed by atoms with Crippen LogP contribution in [0.1, 0.15) is 0 Å². The van der Waals surface area contributed by atoms with Gasteiger partial charge in [0.05, 0.1) is 0 Å². The summed E-state index contributed by atoms with van der Waals surface area (Å²) < 4.78 is 14.5. The van der Waals surface area contributed by atoms with Crippen molar-refractivity contribution in [2.75, 3.05) is 0 Å². The molecule has 2 aromatic rings. The number of halogens is 2. The van der Waals surface area contributed by atoms with Gasteiger partial charge in [-0.25, -0.2) is 0 Å². The third-order valence-corrected chi connectivity index (χ3v) is 5.79. The number of hydrogen-bond donors (Lipinski definition) is 1. The van der Waals surface area contributed by atoms with Gasteiger partial charge >= 0.3 is 0 Å². The van der Waals surface area contributed by atoms with Crippen LogP contribution in [0.25, 0.3) is 0 Å². The van der Waals surface area contributed by atoms with Crippen molar-refractivity contribution in [2.45, 2.75) is 0 Å². The van der Waals surface area contributed by atoms with Gasteiger partial charge in [0.15, 0.2) is 0 Å². The predicted molar refractivity (Wildman–Crippen MR) is 87.4 cm³/mol. The molecule has 88 valence electrons. The van der Waals surface area contributed by atoms with Gasteiger partial charge in [-0.3, -0.25) is 4.57 Å². The highest BCUT2D eigenvalue weighted by Crippen LogP contribution is 2.38. The van der Waals surface area contributed by atoms with Gasteiger partial charge in [-0.15, -0.1) is 0 Å². The van der Waals surface area contributed by atoms with Crippen LogP contribution in [0.4, 0.5) is 0 Å². The molecule has 0 aromatic heterocycles. The molecular formula is C12H9I2O2P. The minimum absolute atomic E-state index is 0.471. The van der Waals surface area contributed by atoms with Gasteiger partial charge in [-0.2, -0.15) is 0 Å². The van der Waals surface area contributed by atoms with E-state index in [9.17, 15) is 9.46 Å². The van der Waals surface area contributed by atoms with E-state index in [0.29, 0.717) is 10.6 Å². The minimum Gasteiger partial charge on any atom is -0.338 e. The molecule has 0 fully saturated rings. The monoisotopic (exact) mass is 470 g/mol. The Morgan fingerprint density at radius 3 is 1.35 bits per heavy atom. The highest BCUT2D eigenvalue weighted by atomic mass is 127. The number of benzene rings is 2. The van der Waals surface area contributed by atoms with E-state index in [4.69, 9.17) is 0 Å². The lowest BCUT2D eigenvalue weighted by atomic mass is 10.4. The molecule has 0 saturated heterocycles. The van der Waals surface area contributed by atoms with Crippen molar-refractivity contribution < 1.29 is 9.46 Å². The summed E-state index contributed by atoms with van der Waals surface area (Å²) in [6.45, 7) is 0. The molecule has 2 nitrogen and oxygen atoms in total. The molecule has 0 aliphatic carbocycles. The fourth-order valence-corrected chi connectivity index (χ4v) is 3.56. The smallest absolute Gasteiger partial charge is 0.258 e. The van der Waals surface area contributed by atoms with E-state index < -0.39 is 7.37 Å². The van der Waals surface area contributed by atoms with E-state index in [1.54, 1.807) is 24.3 Å². The van der Waals surface area contributed by atoms with Crippen molar-refractivity contribution in [1.82, 2.24) is 0 Å². The Morgan fingerprint density at radius 1 is 0.765 bits per heavy atom. The lowest BCUT2D eigenvalue weighted by Gasteiger charge is -2.12. The zero-order valence-corrected chi connectivity index (χ0v) is 13.9. The first kappa shape index (κ1) is 13.5. The largest absolute Gasteiger partial charge is 0.338 e. The Kier molecular flexibility index (Phi) is 4.28. The van der Waals surface area contributed by atoms with Gasteiger partial charge in [-0.05, 0) is 93.7 Å². The summed E-state index contributed by atoms with van der Waals surface area (Å²) in [6.07, 6.45) is 0. The average molecular weight is 470 g/mol. The van der Waals surface area contributed by atoms with Gasteiger partial charge in [-0.1, -0.05) is 0 Å². The molecule has 1 N–H and O–H groups in total. The topological polar surface area (TPSA) is 37.3 Å². The second-order valence-electron chi connectivity index (χ2n) is 3.53. The van der Waals surface area contributed by atoms with Crippen molar-refractivity contribution in [1.29, 1.82) is 0 Å². The lowest BCUT2D eigenvalue weighted by molar-refractivity contribution is 0.501. The maximum absolute atomic E-state index is 12.4. The molecule has 5 heteroatoms. The molecule has 17 heavy (non-hydrogen) atoms. The fraction of sp³-hybridized carbons (Fsp3) is 0. The maximum Gasteiger partial charge on any atom is 0.258 e. The molecule has 0 radical (unpaired) electrons. The van der Waals surface area contributed by atoms with Gasteiger partial charge < -0.3 is 4.89 Å². The Morgan fingerprint density at radius 2 is 1.06 bits per heavy atom. The highest BCUT2D eigenvalue weighted by Gasteiger charge is 2.23. The van der Waals surface area contributed by atoms with Crippen LogP contribution in [0.15, 0.2) is 48.5 Å². The first-order chi connectivity index (χ1) is 8.00. The number of rotatable bonds is 2. The summed E-state index contributed by atoms with van der Waals surface area (Å²) in [5, 5.41) is 0.943. The van der Waals surface area contributed by atoms with Crippen LogP contribution in [-0.2, 0) is 4.57 Å². The molecule has 0 bridgehead atoms. The molecule has 0 aliphatic heterocycles. The first-order valence-corrected chi connectivity index (χ1v) is 8.67. The van der Waals surface area contributed by atoms with Crippen molar-refractivity contribution in [3.8, 4) is 0 Å². The molecule has 0 amide bonds. The Hall–Kier alpha value is 0.0900. The maximum atomic E-state index is 12.4. The van der Waals surface area contributed by atoms with Gasteiger partial charge in [0.25, 0.3) is 7.37 Å². The van der Waals surface area contributed by atoms with Gasteiger partial charge in [0, 0.05) is 17.7 Å². The zero-order valence-electron chi connectivity index (χ0n) is 8.68. The minimum atomic E-state index is -3.44. The van der Waals surface area contributed by atoms with Crippen LogP contribution in [-0.4, -0.2) is 4.89 Å². The molecule has 0 aliphatic rings. The van der Waals surface area contributed by atoms with E-state index in [-0.39, 0.29) is 0 Å². The van der Waals surface area contributed by atoms with Crippen molar-refractivity contribution in [2.24, 2.45) is 0 Å². The van der Waals surface area contributed by atoms with Crippen molar-refractivity contribution in [3.05, 3.63) is 55.7 Å². The second-order valence-corrected chi connectivity index (χ2v) is 8.20. The third-order valence-electron chi connectivity index (χ3n) is 2.35. The Bertz CT molecular complexity index is 515. The van der Waals surface area contributed by atoms with E-state index in [2.05, 4.69) is 45.2 Å². The molecule has 2 aromatic carbocycles. The van der Waals surface area contributed by atoms with Crippen LogP contribution in [0.5, 0.6) is 0 Å². The fourth-order valence-electron chi connectivity index (χ4n) is 1.44. The summed E-state index contributed by atoms with van der Waals surface area (Å²) in [5.41, 5.74) is 0. The number of hydrogen-bond acceptors (Lipinski definition) is 1. The standard InChI is InChI=1S/C12H9I2O2P/c13-9-1-5-11(6-2-9)17(15,16)12-7-3-10(14)4-8-12/h1-8H,(H,15,16). The van der Waals surface area contributed by atoms with E-state index in [1.807, 2.05) is 24.3 Å². The highest BCUT2D eigenvalue weighted by molar-refractivity contribution is 14.1. The average Bonchev–Trinajstić information content (AvgIpc) is 2.30. The summed E-state index contributed by atoms with van der Waals surface area (Å²) in [7, 11) is -3.44. The Balaban J connectivity index is 2.45. The molecule has 0 atom stereocenters. The summed E-state index contributed by atoms with van der Waals surface area (Å²) >= 11 is 4.34. The lowest BCUT2D eigenvalue weighted by Crippen LogP contribution is -2.15. The quantitative estimate of drug-likeness (QED) is 0.542. The third kappa shape index (κ3) is 3.10. The van der Waals surface area contributed by atoms with E-state index in [1.165, 1.54) is 0 Å².